The van der Waals surface area contributed by atoms with Crippen LogP contribution in [-0.4, -0.2) is 8.97 Å². The highest BCUT2D eigenvalue weighted by Crippen LogP contribution is 2.57. The molecule has 1 spiro atoms. The number of para-hydroxylation sites is 2. The molecule has 0 aliphatic carbocycles. The topological polar surface area (TPSA) is 26.3 Å². The Morgan fingerprint density at radius 2 is 1.33 bits per heavy atom. The zero-order valence-electron chi connectivity index (χ0n) is 23.2. The number of fused-ring (bicyclic) bond motifs is 10. The van der Waals surface area contributed by atoms with E-state index in [9.17, 15) is 0 Å². The third kappa shape index (κ3) is 1.97. The highest BCUT2D eigenvalue weighted by molar-refractivity contribution is 6.18. The van der Waals surface area contributed by atoms with E-state index in [0.29, 0.717) is 0 Å². The summed E-state index contributed by atoms with van der Waals surface area (Å²) in [5.41, 5.74) is 10.5. The van der Waals surface area contributed by atoms with Crippen molar-refractivity contribution in [1.82, 2.24) is 8.97 Å². The summed E-state index contributed by atoms with van der Waals surface area (Å²) >= 11 is 0. The van der Waals surface area contributed by atoms with Crippen molar-refractivity contribution < 1.29 is 13.9 Å². The summed E-state index contributed by atoms with van der Waals surface area (Å²) in [4.78, 5) is 0. The predicted molar refractivity (Wildman–Crippen MR) is 167 cm³/mol. The molecule has 8 heterocycles. The number of hydrogen-bond acceptors (Lipinski definition) is 1. The van der Waals surface area contributed by atoms with Crippen molar-refractivity contribution in [2.45, 2.75) is 12.6 Å². The van der Waals surface area contributed by atoms with Gasteiger partial charge in [-0.25, -0.2) is 0 Å². The number of nitrogens with zero attached hydrogens (tertiary/aromatic N) is 4. The third-order valence-corrected chi connectivity index (χ3v) is 10.5. The van der Waals surface area contributed by atoms with E-state index in [2.05, 4.69) is 141 Å². The SMILES string of the molecule is Cc1c2ccccc2n2c3ccc4c5c3c3c(ccc[n+]3C53c5c(ccc6c7ccccc7n(c56)-c5cccc[n+]53)O4)c12. The number of benzene rings is 4. The van der Waals surface area contributed by atoms with Crippen molar-refractivity contribution in [1.29, 1.82) is 0 Å². The lowest BCUT2D eigenvalue weighted by Crippen LogP contribution is -2.75. The van der Waals surface area contributed by atoms with Gasteiger partial charge in [0.1, 0.15) is 22.6 Å². The van der Waals surface area contributed by atoms with Gasteiger partial charge in [-0.15, -0.1) is 4.57 Å². The maximum absolute atomic E-state index is 6.92. The van der Waals surface area contributed by atoms with Gasteiger partial charge in [-0.1, -0.05) is 36.4 Å². The lowest BCUT2D eigenvalue weighted by molar-refractivity contribution is -0.956. The summed E-state index contributed by atoms with van der Waals surface area (Å²) in [5, 5.41) is 6.33. The first-order valence-electron chi connectivity index (χ1n) is 14.9. The van der Waals surface area contributed by atoms with Crippen molar-refractivity contribution in [2.24, 2.45) is 0 Å². The fourth-order valence-corrected chi connectivity index (χ4v) is 9.06. The van der Waals surface area contributed by atoms with Crippen LogP contribution in [0.3, 0.4) is 0 Å². The molecular weight excluding hydrogens is 528 g/mol. The van der Waals surface area contributed by atoms with Gasteiger partial charge in [0.15, 0.2) is 17.3 Å². The van der Waals surface area contributed by atoms with Crippen molar-refractivity contribution in [3.63, 3.8) is 0 Å². The van der Waals surface area contributed by atoms with Gasteiger partial charge in [-0.3, -0.25) is 0 Å². The molecule has 198 valence electrons. The molecule has 0 saturated carbocycles. The van der Waals surface area contributed by atoms with Gasteiger partial charge in [0.05, 0.1) is 33.5 Å². The van der Waals surface area contributed by atoms with E-state index < -0.39 is 5.66 Å². The maximum atomic E-state index is 6.92. The number of pyridine rings is 3. The van der Waals surface area contributed by atoms with Gasteiger partial charge in [-0.05, 0) is 67.1 Å². The van der Waals surface area contributed by atoms with Crippen LogP contribution in [0, 0.1) is 6.92 Å². The molecule has 9 aromatic rings. The van der Waals surface area contributed by atoms with Crippen LogP contribution in [-0.2, 0) is 5.66 Å². The summed E-state index contributed by atoms with van der Waals surface area (Å²) < 4.78 is 16.9. The van der Waals surface area contributed by atoms with E-state index >= 15 is 0 Å². The first-order chi connectivity index (χ1) is 21.3. The maximum Gasteiger partial charge on any atom is 0.375 e. The molecule has 43 heavy (non-hydrogen) atoms. The Labute approximate surface area is 244 Å². The second kappa shape index (κ2) is 6.53. The average Bonchev–Trinajstić information content (AvgIpc) is 3.67. The predicted octanol–water partition coefficient (Wildman–Crippen LogP) is 7.41. The molecule has 5 aromatic heterocycles. The number of aromatic nitrogens is 4. The van der Waals surface area contributed by atoms with E-state index in [4.69, 9.17) is 4.74 Å². The molecule has 0 amide bonds. The van der Waals surface area contributed by atoms with Crippen LogP contribution < -0.4 is 13.9 Å². The molecule has 3 aliphatic heterocycles. The molecule has 3 aliphatic rings. The summed E-state index contributed by atoms with van der Waals surface area (Å²) in [7, 11) is 0. The van der Waals surface area contributed by atoms with E-state index in [1.807, 2.05) is 0 Å². The zero-order chi connectivity index (χ0) is 27.8. The van der Waals surface area contributed by atoms with Crippen LogP contribution in [0.5, 0.6) is 11.5 Å². The minimum absolute atomic E-state index is 0.645. The molecule has 1 atom stereocenters. The fourth-order valence-electron chi connectivity index (χ4n) is 9.06. The number of hydrogen-bond donors (Lipinski definition) is 0. The first kappa shape index (κ1) is 21.1. The van der Waals surface area contributed by atoms with Gasteiger partial charge in [0.2, 0.25) is 5.52 Å². The van der Waals surface area contributed by atoms with E-state index in [0.717, 1.165) is 17.3 Å². The van der Waals surface area contributed by atoms with Crippen LogP contribution in [0.4, 0.5) is 0 Å². The lowest BCUT2D eigenvalue weighted by atomic mass is 9.84. The molecule has 0 bridgehead atoms. The zero-order valence-corrected chi connectivity index (χ0v) is 23.2. The smallest absolute Gasteiger partial charge is 0.375 e. The second-order valence-corrected chi connectivity index (χ2v) is 12.2. The largest absolute Gasteiger partial charge is 0.456 e. The highest BCUT2D eigenvalue weighted by atomic mass is 16.5. The van der Waals surface area contributed by atoms with Gasteiger partial charge in [0, 0.05) is 28.3 Å². The van der Waals surface area contributed by atoms with Gasteiger partial charge in [-0.2, -0.15) is 9.13 Å². The molecule has 12 rings (SSSR count). The monoisotopic (exact) mass is 550 g/mol. The second-order valence-electron chi connectivity index (χ2n) is 12.2. The summed E-state index contributed by atoms with van der Waals surface area (Å²) in [6.07, 6.45) is 4.55. The Morgan fingerprint density at radius 3 is 2.26 bits per heavy atom. The summed E-state index contributed by atoms with van der Waals surface area (Å²) in [6.45, 7) is 2.27. The van der Waals surface area contributed by atoms with Gasteiger partial charge < -0.3 is 9.14 Å². The Balaban J connectivity index is 1.42. The molecule has 0 radical (unpaired) electrons. The molecule has 5 heteroatoms. The Bertz CT molecular complexity index is 2840. The number of ether oxygens (including phenoxy) is 1. The normalized spacial score (nSPS) is 17.2. The average molecular weight is 551 g/mol. The van der Waals surface area contributed by atoms with Crippen LogP contribution in [0.25, 0.3) is 65.8 Å². The van der Waals surface area contributed by atoms with Crippen LogP contribution in [0.2, 0.25) is 0 Å². The summed E-state index contributed by atoms with van der Waals surface area (Å²) in [6, 6.07) is 37.6. The fraction of sp³-hybridized carbons (Fsp3) is 0.0526. The minimum Gasteiger partial charge on any atom is -0.456 e. The molecule has 5 nitrogen and oxygen atoms in total. The quantitative estimate of drug-likeness (QED) is 0.143. The standard InChI is InChI=1S/C38H22N4O/c1-21-22-9-2-4-12-26(22)41-28-16-18-29-33-32(28)36-25(35(21)41)11-8-20-40(36)38(33)34-30(43-29)17-15-24-23-10-3-5-13-27(23)42(37(24)34)31-14-6-7-19-39(31)38/h2-20H,1H3/q+2. The molecule has 4 aromatic carbocycles. The Morgan fingerprint density at radius 1 is 0.581 bits per heavy atom. The number of aryl methyl sites for hydroxylation is 1. The minimum atomic E-state index is -0.645. The van der Waals surface area contributed by atoms with E-state index in [-0.39, 0.29) is 0 Å². The lowest BCUT2D eigenvalue weighted by Gasteiger charge is -2.34. The van der Waals surface area contributed by atoms with Gasteiger partial charge >= 0.3 is 5.66 Å². The van der Waals surface area contributed by atoms with Crippen LogP contribution in [0.15, 0.2) is 116 Å². The number of rotatable bonds is 0. The van der Waals surface area contributed by atoms with Crippen molar-refractivity contribution in [3.05, 3.63) is 132 Å². The van der Waals surface area contributed by atoms with E-state index in [1.165, 1.54) is 76.7 Å². The summed E-state index contributed by atoms with van der Waals surface area (Å²) in [5.74, 6) is 2.98. The molecule has 1 unspecified atom stereocenters. The Kier molecular flexibility index (Phi) is 3.20. The molecule has 0 fully saturated rings. The van der Waals surface area contributed by atoms with Gasteiger partial charge in [0.25, 0.3) is 5.82 Å². The van der Waals surface area contributed by atoms with Crippen LogP contribution in [0.1, 0.15) is 16.7 Å². The molecule has 0 saturated heterocycles. The molecular formula is C38H22N4O+2. The van der Waals surface area contributed by atoms with Crippen molar-refractivity contribution >= 4 is 60.0 Å². The van der Waals surface area contributed by atoms with E-state index in [1.54, 1.807) is 0 Å². The highest BCUT2D eigenvalue weighted by Gasteiger charge is 2.66. The Hall–Kier alpha value is -5.68. The first-order valence-corrected chi connectivity index (χ1v) is 14.9. The van der Waals surface area contributed by atoms with Crippen LogP contribution >= 0.6 is 0 Å². The molecule has 0 N–H and O–H groups in total. The third-order valence-electron chi connectivity index (χ3n) is 10.5. The van der Waals surface area contributed by atoms with Crippen molar-refractivity contribution in [2.75, 3.05) is 0 Å². The van der Waals surface area contributed by atoms with Crippen molar-refractivity contribution in [3.8, 4) is 17.3 Å².